The van der Waals surface area contributed by atoms with Crippen molar-refractivity contribution in [2.45, 2.75) is 0 Å². The lowest BCUT2D eigenvalue weighted by molar-refractivity contribution is -0.114. The van der Waals surface area contributed by atoms with Crippen LogP contribution in [-0.2, 0) is 9.53 Å². The fraction of sp³-hybridized carbons (Fsp3) is 0.222. The van der Waals surface area contributed by atoms with E-state index in [4.69, 9.17) is 27.9 Å². The summed E-state index contributed by atoms with van der Waals surface area (Å²) in [6.07, 6.45) is 0. The summed E-state index contributed by atoms with van der Waals surface area (Å²) in [5.41, 5.74) is 1.80. The average molecular weight is 396 g/mol. The van der Waals surface area contributed by atoms with Crippen LogP contribution in [-0.4, -0.2) is 38.6 Å². The molecular formula is C18H19Cl2N3O3. The van der Waals surface area contributed by atoms with E-state index in [9.17, 15) is 9.59 Å². The molecule has 0 aliphatic rings. The number of amides is 2. The monoisotopic (exact) mass is 395 g/mol. The predicted octanol–water partition coefficient (Wildman–Crippen LogP) is 3.42. The molecule has 0 aliphatic heterocycles. The second-order valence-electron chi connectivity index (χ2n) is 5.36. The van der Waals surface area contributed by atoms with Gasteiger partial charge in [-0.3, -0.25) is 9.59 Å². The fourth-order valence-electron chi connectivity index (χ4n) is 2.07. The van der Waals surface area contributed by atoms with Crippen LogP contribution in [0, 0.1) is 0 Å². The molecule has 0 spiro atoms. The summed E-state index contributed by atoms with van der Waals surface area (Å²) >= 11 is 11.8. The molecule has 8 heteroatoms. The zero-order valence-corrected chi connectivity index (χ0v) is 15.7. The summed E-state index contributed by atoms with van der Waals surface area (Å²) in [7, 11) is 1.57. The highest BCUT2D eigenvalue weighted by molar-refractivity contribution is 6.42. The van der Waals surface area contributed by atoms with Crippen LogP contribution in [0.1, 0.15) is 10.4 Å². The smallest absolute Gasteiger partial charge is 0.251 e. The molecule has 2 aromatic carbocycles. The van der Waals surface area contributed by atoms with Gasteiger partial charge in [0.1, 0.15) is 0 Å². The molecule has 0 atom stereocenters. The first-order chi connectivity index (χ1) is 12.5. The van der Waals surface area contributed by atoms with Crippen LogP contribution in [0.5, 0.6) is 0 Å². The zero-order valence-electron chi connectivity index (χ0n) is 14.1. The van der Waals surface area contributed by atoms with Gasteiger partial charge in [0.25, 0.3) is 5.91 Å². The first-order valence-electron chi connectivity index (χ1n) is 7.85. The molecule has 26 heavy (non-hydrogen) atoms. The number of benzene rings is 2. The van der Waals surface area contributed by atoms with Crippen molar-refractivity contribution in [3.05, 3.63) is 58.1 Å². The highest BCUT2D eigenvalue weighted by Crippen LogP contribution is 2.24. The van der Waals surface area contributed by atoms with Crippen LogP contribution < -0.4 is 16.0 Å². The molecule has 3 N–H and O–H groups in total. The Kier molecular flexibility index (Phi) is 7.72. The molecule has 0 saturated carbocycles. The third kappa shape index (κ3) is 6.22. The molecule has 2 amide bonds. The van der Waals surface area contributed by atoms with E-state index in [0.717, 1.165) is 0 Å². The predicted molar refractivity (Wildman–Crippen MR) is 104 cm³/mol. The minimum absolute atomic E-state index is 0.0667. The van der Waals surface area contributed by atoms with Crippen LogP contribution >= 0.6 is 23.2 Å². The molecule has 0 saturated heterocycles. The Balaban J connectivity index is 1.83. The number of rotatable bonds is 8. The van der Waals surface area contributed by atoms with Gasteiger partial charge in [0.2, 0.25) is 5.91 Å². The maximum absolute atomic E-state index is 12.0. The molecule has 0 heterocycles. The van der Waals surface area contributed by atoms with Crippen molar-refractivity contribution in [3.8, 4) is 0 Å². The molecule has 0 aliphatic carbocycles. The van der Waals surface area contributed by atoms with Gasteiger partial charge < -0.3 is 20.7 Å². The molecular weight excluding hydrogens is 377 g/mol. The van der Waals surface area contributed by atoms with Crippen molar-refractivity contribution >= 4 is 46.4 Å². The normalized spacial score (nSPS) is 10.3. The number of anilines is 2. The van der Waals surface area contributed by atoms with E-state index in [2.05, 4.69) is 16.0 Å². The molecule has 0 bridgehead atoms. The SMILES string of the molecule is COCCNC(=O)c1ccc(NC(=O)CNc2ccc(Cl)c(Cl)c2)cc1. The number of hydrogen-bond donors (Lipinski definition) is 3. The minimum atomic E-state index is -0.228. The van der Waals surface area contributed by atoms with E-state index in [1.54, 1.807) is 49.6 Å². The number of halogens is 2. The highest BCUT2D eigenvalue weighted by atomic mass is 35.5. The van der Waals surface area contributed by atoms with Crippen molar-refractivity contribution in [1.82, 2.24) is 5.32 Å². The lowest BCUT2D eigenvalue weighted by Crippen LogP contribution is -2.27. The van der Waals surface area contributed by atoms with E-state index in [1.807, 2.05) is 0 Å². The van der Waals surface area contributed by atoms with Gasteiger partial charge in [-0.15, -0.1) is 0 Å². The van der Waals surface area contributed by atoms with E-state index in [-0.39, 0.29) is 18.4 Å². The Labute approximate surface area is 161 Å². The summed E-state index contributed by atoms with van der Waals surface area (Å²) in [4.78, 5) is 23.9. The standard InChI is InChI=1S/C18H19Cl2N3O3/c1-26-9-8-21-18(25)12-2-4-13(5-3-12)23-17(24)11-22-14-6-7-15(19)16(20)10-14/h2-7,10,22H,8-9,11H2,1H3,(H,21,25)(H,23,24). The van der Waals surface area contributed by atoms with Crippen LogP contribution in [0.25, 0.3) is 0 Å². The molecule has 6 nitrogen and oxygen atoms in total. The first kappa shape index (κ1) is 20.0. The third-order valence-corrected chi connectivity index (χ3v) is 4.13. The Bertz CT molecular complexity index is 767. The van der Waals surface area contributed by atoms with E-state index >= 15 is 0 Å². The van der Waals surface area contributed by atoms with Gasteiger partial charge in [-0.05, 0) is 42.5 Å². The quantitative estimate of drug-likeness (QED) is 0.598. The van der Waals surface area contributed by atoms with Gasteiger partial charge in [0.05, 0.1) is 23.2 Å². The number of methoxy groups -OCH3 is 1. The Morgan fingerprint density at radius 2 is 1.69 bits per heavy atom. The summed E-state index contributed by atoms with van der Waals surface area (Å²) in [6, 6.07) is 11.7. The zero-order chi connectivity index (χ0) is 18.9. The number of hydrogen-bond acceptors (Lipinski definition) is 4. The Hall–Kier alpha value is -2.28. The van der Waals surface area contributed by atoms with Crippen molar-refractivity contribution in [1.29, 1.82) is 0 Å². The van der Waals surface area contributed by atoms with Crippen LogP contribution in [0.4, 0.5) is 11.4 Å². The molecule has 2 rings (SSSR count). The molecule has 0 aromatic heterocycles. The van der Waals surface area contributed by atoms with E-state index in [1.165, 1.54) is 0 Å². The highest BCUT2D eigenvalue weighted by Gasteiger charge is 2.07. The van der Waals surface area contributed by atoms with Crippen LogP contribution in [0.2, 0.25) is 10.0 Å². The summed E-state index contributed by atoms with van der Waals surface area (Å²) in [5.74, 6) is -0.422. The lowest BCUT2D eigenvalue weighted by Gasteiger charge is -2.09. The van der Waals surface area contributed by atoms with Crippen LogP contribution in [0.3, 0.4) is 0 Å². The van der Waals surface area contributed by atoms with Crippen molar-refractivity contribution in [2.24, 2.45) is 0 Å². The van der Waals surface area contributed by atoms with Gasteiger partial charge in [-0.25, -0.2) is 0 Å². The molecule has 0 radical (unpaired) electrons. The summed E-state index contributed by atoms with van der Waals surface area (Å²) < 4.78 is 4.88. The number of nitrogens with one attached hydrogen (secondary N) is 3. The second-order valence-corrected chi connectivity index (χ2v) is 6.17. The fourth-order valence-corrected chi connectivity index (χ4v) is 2.37. The number of carbonyl (C=O) groups is 2. The van der Waals surface area contributed by atoms with Crippen molar-refractivity contribution < 1.29 is 14.3 Å². The summed E-state index contributed by atoms with van der Waals surface area (Å²) in [6.45, 7) is 0.955. The van der Waals surface area contributed by atoms with Crippen LogP contribution in [0.15, 0.2) is 42.5 Å². The Morgan fingerprint density at radius 3 is 2.35 bits per heavy atom. The molecule has 0 fully saturated rings. The van der Waals surface area contributed by atoms with Gasteiger partial charge in [-0.2, -0.15) is 0 Å². The third-order valence-electron chi connectivity index (χ3n) is 3.40. The number of carbonyl (C=O) groups excluding carboxylic acids is 2. The average Bonchev–Trinajstić information content (AvgIpc) is 2.63. The molecule has 2 aromatic rings. The van der Waals surface area contributed by atoms with Crippen molar-refractivity contribution in [3.63, 3.8) is 0 Å². The van der Waals surface area contributed by atoms with Gasteiger partial charge in [0.15, 0.2) is 0 Å². The number of ether oxygens (including phenoxy) is 1. The lowest BCUT2D eigenvalue weighted by atomic mass is 10.2. The van der Waals surface area contributed by atoms with E-state index in [0.29, 0.717) is 40.1 Å². The van der Waals surface area contributed by atoms with Crippen molar-refractivity contribution in [2.75, 3.05) is 37.4 Å². The maximum atomic E-state index is 12.0. The molecule has 138 valence electrons. The minimum Gasteiger partial charge on any atom is -0.383 e. The molecule has 0 unspecified atom stereocenters. The first-order valence-corrected chi connectivity index (χ1v) is 8.61. The second kappa shape index (κ2) is 10.0. The topological polar surface area (TPSA) is 79.5 Å². The Morgan fingerprint density at radius 1 is 1.00 bits per heavy atom. The van der Waals surface area contributed by atoms with Gasteiger partial charge >= 0.3 is 0 Å². The maximum Gasteiger partial charge on any atom is 0.251 e. The largest absolute Gasteiger partial charge is 0.383 e. The summed E-state index contributed by atoms with van der Waals surface area (Å²) in [5, 5.41) is 9.30. The van der Waals surface area contributed by atoms with Gasteiger partial charge in [-0.1, -0.05) is 23.2 Å². The van der Waals surface area contributed by atoms with E-state index < -0.39 is 0 Å². The van der Waals surface area contributed by atoms with Gasteiger partial charge in [0, 0.05) is 30.6 Å².